The Labute approximate surface area is 183 Å². The molecule has 0 saturated carbocycles. The minimum Gasteiger partial charge on any atom is -0.487 e. The van der Waals surface area contributed by atoms with Gasteiger partial charge in [0.2, 0.25) is 0 Å². The Hall–Kier alpha value is -3.01. The molecule has 2 N–H and O–H groups in total. The molecule has 1 atom stereocenters. The number of halogens is 2. The van der Waals surface area contributed by atoms with Crippen molar-refractivity contribution in [3.05, 3.63) is 46.8 Å². The number of carbonyl (C=O) groups is 1. The van der Waals surface area contributed by atoms with Gasteiger partial charge in [0.1, 0.15) is 29.2 Å². The van der Waals surface area contributed by atoms with Crippen LogP contribution < -0.4 is 10.5 Å². The smallest absolute Gasteiger partial charge is 0.333 e. The molecule has 0 aliphatic carbocycles. The Kier molecular flexibility index (Phi) is 4.40. The molecule has 1 aromatic heterocycles. The lowest BCUT2D eigenvalue weighted by molar-refractivity contribution is -0.247. The number of hydrogen-bond donors (Lipinski definition) is 1. The number of Topliss-reactive ketones (excluding diaryl/α,β-unsaturated/α-hetero) is 1. The zero-order valence-corrected chi connectivity index (χ0v) is 18.0. The van der Waals surface area contributed by atoms with E-state index in [0.717, 1.165) is 5.56 Å². The Balaban J connectivity index is 1.53. The average Bonchev–Trinajstić information content (AvgIpc) is 3.25. The van der Waals surface area contributed by atoms with Gasteiger partial charge in [-0.1, -0.05) is 6.07 Å². The highest BCUT2D eigenvalue weighted by molar-refractivity contribution is 5.96. The van der Waals surface area contributed by atoms with Crippen LogP contribution in [0.5, 0.6) is 5.75 Å². The van der Waals surface area contributed by atoms with Gasteiger partial charge in [0.05, 0.1) is 18.6 Å². The van der Waals surface area contributed by atoms with Crippen molar-refractivity contribution < 1.29 is 27.8 Å². The minimum absolute atomic E-state index is 0.00273. The first-order valence-electron chi connectivity index (χ1n) is 10.3. The van der Waals surface area contributed by atoms with Gasteiger partial charge in [-0.3, -0.25) is 4.79 Å². The fourth-order valence-corrected chi connectivity index (χ4v) is 5.03. The van der Waals surface area contributed by atoms with Crippen molar-refractivity contribution in [1.29, 1.82) is 0 Å². The highest BCUT2D eigenvalue weighted by Gasteiger charge is 2.71. The summed E-state index contributed by atoms with van der Waals surface area (Å²) in [5, 5.41) is 3.76. The van der Waals surface area contributed by atoms with E-state index in [4.69, 9.17) is 24.9 Å². The van der Waals surface area contributed by atoms with Gasteiger partial charge in [0.25, 0.3) is 6.02 Å². The molecular weight excluding hydrogens is 422 g/mol. The van der Waals surface area contributed by atoms with Crippen LogP contribution in [0.15, 0.2) is 29.3 Å². The number of alkyl halides is 2. The standard InChI is InChI=1S/C22H24F2N4O4/c1-12-6-15(27-28(12)18(23)24)16(29)8-13-4-5-17-14(7-13)22(11-31-19(25)26-22)21(9-30-10-21)20(2,3)32-17/h4-7,18H,8-11H2,1-3H3,(H2,25,26). The zero-order chi connectivity index (χ0) is 22.9. The second kappa shape index (κ2) is 6.74. The number of ether oxygens (including phenoxy) is 3. The molecule has 1 unspecified atom stereocenters. The Morgan fingerprint density at radius 1 is 1.25 bits per heavy atom. The second-order valence-electron chi connectivity index (χ2n) is 9.11. The molecule has 1 saturated heterocycles. The molecule has 3 aliphatic heterocycles. The van der Waals surface area contributed by atoms with Crippen molar-refractivity contribution in [2.75, 3.05) is 19.8 Å². The SMILES string of the molecule is Cc1cc(C(=O)Cc2ccc3c(c2)C2(COC(N)=N2)C2(COC2)C(C)(C)O3)nn1C(F)F. The van der Waals surface area contributed by atoms with E-state index in [1.165, 1.54) is 13.0 Å². The van der Waals surface area contributed by atoms with Crippen LogP contribution >= 0.6 is 0 Å². The first-order chi connectivity index (χ1) is 15.1. The molecule has 0 bridgehead atoms. The fraction of sp³-hybridized carbons (Fsp3) is 0.500. The molecule has 0 radical (unpaired) electrons. The van der Waals surface area contributed by atoms with Gasteiger partial charge in [-0.15, -0.1) is 0 Å². The number of aliphatic imine (C=N–C) groups is 1. The monoisotopic (exact) mass is 446 g/mol. The van der Waals surface area contributed by atoms with Gasteiger partial charge >= 0.3 is 6.55 Å². The van der Waals surface area contributed by atoms with Crippen molar-refractivity contribution in [2.45, 2.75) is 44.9 Å². The number of amidine groups is 1. The molecule has 170 valence electrons. The number of carbonyl (C=O) groups excluding carboxylic acids is 1. The maximum atomic E-state index is 13.0. The summed E-state index contributed by atoms with van der Waals surface area (Å²) in [7, 11) is 0. The zero-order valence-electron chi connectivity index (χ0n) is 18.0. The van der Waals surface area contributed by atoms with Crippen molar-refractivity contribution in [3.8, 4) is 5.75 Å². The molecule has 0 amide bonds. The highest BCUT2D eigenvalue weighted by Crippen LogP contribution is 2.62. The summed E-state index contributed by atoms with van der Waals surface area (Å²) in [6.45, 7) is 3.82. The third-order valence-corrected chi connectivity index (χ3v) is 6.98. The predicted octanol–water partition coefficient (Wildman–Crippen LogP) is 2.74. The van der Waals surface area contributed by atoms with Crippen LogP contribution in [0, 0.1) is 12.3 Å². The average molecular weight is 446 g/mol. The van der Waals surface area contributed by atoms with Crippen molar-refractivity contribution >= 4 is 11.8 Å². The van der Waals surface area contributed by atoms with Crippen molar-refractivity contribution in [2.24, 2.45) is 16.1 Å². The number of ketones is 1. The van der Waals surface area contributed by atoms with E-state index in [-0.39, 0.29) is 36.2 Å². The number of nitrogens with zero attached hydrogens (tertiary/aromatic N) is 3. The normalized spacial score (nSPS) is 24.6. The van der Waals surface area contributed by atoms with Gasteiger partial charge in [-0.2, -0.15) is 13.9 Å². The molecule has 5 rings (SSSR count). The summed E-state index contributed by atoms with van der Waals surface area (Å²) in [5.74, 6) is 0.287. The minimum atomic E-state index is -2.80. The fourth-order valence-electron chi connectivity index (χ4n) is 5.03. The summed E-state index contributed by atoms with van der Waals surface area (Å²) in [5.41, 5.74) is 5.76. The predicted molar refractivity (Wildman–Crippen MR) is 110 cm³/mol. The molecule has 2 aromatic rings. The molecule has 1 fully saturated rings. The Bertz CT molecular complexity index is 1140. The van der Waals surface area contributed by atoms with Crippen molar-refractivity contribution in [1.82, 2.24) is 9.78 Å². The Morgan fingerprint density at radius 2 is 2.00 bits per heavy atom. The lowest BCUT2D eigenvalue weighted by Crippen LogP contribution is -2.71. The molecule has 32 heavy (non-hydrogen) atoms. The van der Waals surface area contributed by atoms with Crippen LogP contribution in [0.4, 0.5) is 8.78 Å². The van der Waals surface area contributed by atoms with E-state index in [0.29, 0.717) is 29.2 Å². The maximum absolute atomic E-state index is 13.0. The maximum Gasteiger partial charge on any atom is 0.333 e. The lowest BCUT2D eigenvalue weighted by Gasteiger charge is -2.61. The number of aryl methyl sites for hydroxylation is 1. The highest BCUT2D eigenvalue weighted by atomic mass is 19.3. The van der Waals surface area contributed by atoms with E-state index in [2.05, 4.69) is 5.10 Å². The number of benzene rings is 1. The summed E-state index contributed by atoms with van der Waals surface area (Å²) in [6.07, 6.45) is -0.00397. The summed E-state index contributed by atoms with van der Waals surface area (Å²) in [6, 6.07) is 6.94. The van der Waals surface area contributed by atoms with Crippen LogP contribution in [0.3, 0.4) is 0 Å². The quantitative estimate of drug-likeness (QED) is 0.725. The van der Waals surface area contributed by atoms with Crippen LogP contribution in [0.1, 0.15) is 47.7 Å². The van der Waals surface area contributed by atoms with Gasteiger partial charge < -0.3 is 19.9 Å². The Morgan fingerprint density at radius 3 is 2.56 bits per heavy atom. The number of nitrogens with two attached hydrogens (primary N) is 1. The summed E-state index contributed by atoms with van der Waals surface area (Å²) < 4.78 is 44.2. The van der Waals surface area contributed by atoms with E-state index >= 15 is 0 Å². The molecule has 1 aromatic carbocycles. The summed E-state index contributed by atoms with van der Waals surface area (Å²) >= 11 is 0. The van der Waals surface area contributed by atoms with Crippen LogP contribution in [0.25, 0.3) is 0 Å². The van der Waals surface area contributed by atoms with Crippen LogP contribution in [-0.4, -0.2) is 47.0 Å². The number of hydrogen-bond acceptors (Lipinski definition) is 7. The molecule has 3 aliphatic rings. The van der Waals surface area contributed by atoms with E-state index in [1.807, 2.05) is 19.9 Å². The van der Waals surface area contributed by atoms with Gasteiger partial charge in [0.15, 0.2) is 5.78 Å². The third kappa shape index (κ3) is 2.71. The summed E-state index contributed by atoms with van der Waals surface area (Å²) in [4.78, 5) is 17.5. The van der Waals surface area contributed by atoms with E-state index < -0.39 is 23.1 Å². The third-order valence-electron chi connectivity index (χ3n) is 6.98. The van der Waals surface area contributed by atoms with Crippen molar-refractivity contribution in [3.63, 3.8) is 0 Å². The van der Waals surface area contributed by atoms with Crippen LogP contribution in [-0.2, 0) is 21.4 Å². The first kappa shape index (κ1) is 20.9. The number of fused-ring (bicyclic) bond motifs is 3. The molecule has 8 nitrogen and oxygen atoms in total. The molecular formula is C22H24F2N4O4. The lowest BCUT2D eigenvalue weighted by atomic mass is 9.55. The van der Waals surface area contributed by atoms with Gasteiger partial charge in [-0.25, -0.2) is 9.67 Å². The first-order valence-corrected chi connectivity index (χ1v) is 10.3. The molecule has 2 spiro atoms. The van der Waals surface area contributed by atoms with Crippen LogP contribution in [0.2, 0.25) is 0 Å². The number of rotatable bonds is 4. The van der Waals surface area contributed by atoms with E-state index in [1.54, 1.807) is 12.1 Å². The van der Waals surface area contributed by atoms with Gasteiger partial charge in [0, 0.05) is 17.7 Å². The molecule has 10 heteroatoms. The topological polar surface area (TPSA) is 101 Å². The molecule has 4 heterocycles. The number of aromatic nitrogens is 2. The van der Waals surface area contributed by atoms with E-state index in [9.17, 15) is 13.6 Å². The van der Waals surface area contributed by atoms with Gasteiger partial charge in [-0.05, 0) is 44.5 Å². The second-order valence-corrected chi connectivity index (χ2v) is 9.11. The largest absolute Gasteiger partial charge is 0.487 e.